The van der Waals surface area contributed by atoms with Crippen LogP contribution in [0.5, 0.6) is 5.75 Å². The first-order valence-electron chi connectivity index (χ1n) is 5.71. The molecule has 1 aromatic rings. The molecular weight excluding hydrogens is 318 g/mol. The molecule has 106 valence electrons. The molecule has 0 radical (unpaired) electrons. The van der Waals surface area contributed by atoms with Crippen molar-refractivity contribution in [1.82, 2.24) is 0 Å². The summed E-state index contributed by atoms with van der Waals surface area (Å²) in [5.74, 6) is 0.261. The molecule has 0 aliphatic carbocycles. The summed E-state index contributed by atoms with van der Waals surface area (Å²) in [4.78, 5) is 10.4. The molecule has 0 spiro atoms. The minimum Gasteiger partial charge on any atom is -0.484 e. The predicted octanol–water partition coefficient (Wildman–Crippen LogP) is 2.53. The van der Waals surface area contributed by atoms with E-state index in [9.17, 15) is 10.1 Å². The lowest BCUT2D eigenvalue weighted by Gasteiger charge is -2.08. The van der Waals surface area contributed by atoms with Crippen molar-refractivity contribution in [3.63, 3.8) is 0 Å². The van der Waals surface area contributed by atoms with Crippen LogP contribution < -0.4 is 4.74 Å². The van der Waals surface area contributed by atoms with Gasteiger partial charge in [0.25, 0.3) is 0 Å². The van der Waals surface area contributed by atoms with Gasteiger partial charge >= 0.3 is 5.69 Å². The molecule has 1 aromatic carbocycles. The number of nitro groups is 1. The lowest BCUT2D eigenvalue weighted by molar-refractivity contribution is -0.385. The number of benzene rings is 1. The van der Waals surface area contributed by atoms with E-state index in [2.05, 4.69) is 15.9 Å². The molecule has 0 fully saturated rings. The van der Waals surface area contributed by atoms with E-state index in [4.69, 9.17) is 14.2 Å². The van der Waals surface area contributed by atoms with Gasteiger partial charge in [-0.1, -0.05) is 22.0 Å². The Kier molecular flexibility index (Phi) is 7.39. The third-order valence-corrected chi connectivity index (χ3v) is 2.94. The van der Waals surface area contributed by atoms with E-state index in [0.29, 0.717) is 25.2 Å². The Labute approximate surface area is 119 Å². The average Bonchev–Trinajstić information content (AvgIpc) is 2.42. The Balaban J connectivity index is 2.52. The first-order chi connectivity index (χ1) is 9.19. The van der Waals surface area contributed by atoms with Crippen LogP contribution in [0, 0.1) is 10.1 Å². The minimum atomic E-state index is -0.459. The Bertz CT molecular complexity index is 413. The molecule has 0 aliphatic rings. The van der Waals surface area contributed by atoms with Crippen LogP contribution in [0.15, 0.2) is 18.2 Å². The Morgan fingerprint density at radius 2 is 2.00 bits per heavy atom. The summed E-state index contributed by atoms with van der Waals surface area (Å²) in [5, 5.41) is 11.5. The molecule has 7 heteroatoms. The molecule has 0 N–H and O–H groups in total. The van der Waals surface area contributed by atoms with Crippen molar-refractivity contribution < 1.29 is 19.1 Å². The maximum absolute atomic E-state index is 10.9. The van der Waals surface area contributed by atoms with Gasteiger partial charge in [0.1, 0.15) is 6.61 Å². The summed E-state index contributed by atoms with van der Waals surface area (Å²) < 4.78 is 15.4. The summed E-state index contributed by atoms with van der Waals surface area (Å²) >= 11 is 3.30. The zero-order valence-electron chi connectivity index (χ0n) is 10.6. The fraction of sp³-hybridized carbons (Fsp3) is 0.500. The molecule has 0 aliphatic heterocycles. The smallest absolute Gasteiger partial charge is 0.310 e. The molecule has 19 heavy (non-hydrogen) atoms. The van der Waals surface area contributed by atoms with E-state index in [1.165, 1.54) is 6.07 Å². The summed E-state index contributed by atoms with van der Waals surface area (Å²) in [7, 11) is 1.59. The molecule has 0 aromatic heterocycles. The maximum Gasteiger partial charge on any atom is 0.310 e. The Morgan fingerprint density at radius 3 is 2.63 bits per heavy atom. The standard InChI is InChI=1S/C12H16BrNO5/c1-17-4-5-18-6-7-19-12-8-10(9-13)2-3-11(12)14(15)16/h2-3,8H,4-7,9H2,1H3. The van der Waals surface area contributed by atoms with E-state index in [1.807, 2.05) is 0 Å². The van der Waals surface area contributed by atoms with Crippen LogP contribution in [0.3, 0.4) is 0 Å². The maximum atomic E-state index is 10.9. The lowest BCUT2D eigenvalue weighted by atomic mass is 10.2. The number of hydrogen-bond donors (Lipinski definition) is 0. The number of hydrogen-bond acceptors (Lipinski definition) is 5. The molecule has 0 saturated heterocycles. The molecule has 0 unspecified atom stereocenters. The lowest BCUT2D eigenvalue weighted by Crippen LogP contribution is -2.10. The molecule has 0 amide bonds. The molecule has 0 atom stereocenters. The number of methoxy groups -OCH3 is 1. The molecule has 6 nitrogen and oxygen atoms in total. The largest absolute Gasteiger partial charge is 0.484 e. The zero-order valence-corrected chi connectivity index (χ0v) is 12.2. The van der Waals surface area contributed by atoms with E-state index in [0.717, 1.165) is 5.56 Å². The first-order valence-corrected chi connectivity index (χ1v) is 6.84. The molecule has 0 saturated carbocycles. The predicted molar refractivity (Wildman–Crippen MR) is 73.9 cm³/mol. The third kappa shape index (κ3) is 5.54. The van der Waals surface area contributed by atoms with Crippen molar-refractivity contribution in [1.29, 1.82) is 0 Å². The van der Waals surface area contributed by atoms with Crippen LogP contribution in [0.2, 0.25) is 0 Å². The summed E-state index contributed by atoms with van der Waals surface area (Å²) in [6.45, 7) is 1.61. The van der Waals surface area contributed by atoms with E-state index in [-0.39, 0.29) is 18.0 Å². The summed E-state index contributed by atoms with van der Waals surface area (Å²) in [6, 6.07) is 4.79. The van der Waals surface area contributed by atoms with Crippen molar-refractivity contribution >= 4 is 21.6 Å². The van der Waals surface area contributed by atoms with Gasteiger partial charge in [-0.25, -0.2) is 0 Å². The van der Waals surface area contributed by atoms with E-state index < -0.39 is 4.92 Å². The molecule has 0 bridgehead atoms. The van der Waals surface area contributed by atoms with Crippen LogP contribution in [0.1, 0.15) is 5.56 Å². The highest BCUT2D eigenvalue weighted by Gasteiger charge is 2.15. The topological polar surface area (TPSA) is 70.8 Å². The second-order valence-corrected chi connectivity index (χ2v) is 4.21. The fourth-order valence-electron chi connectivity index (χ4n) is 1.36. The highest BCUT2D eigenvalue weighted by atomic mass is 79.9. The number of halogens is 1. The van der Waals surface area contributed by atoms with Crippen LogP contribution in [-0.4, -0.2) is 38.5 Å². The fourth-order valence-corrected chi connectivity index (χ4v) is 1.71. The van der Waals surface area contributed by atoms with E-state index >= 15 is 0 Å². The number of alkyl halides is 1. The molecular formula is C12H16BrNO5. The number of nitrogens with zero attached hydrogens (tertiary/aromatic N) is 1. The second kappa shape index (κ2) is 8.84. The Hall–Kier alpha value is -1.18. The minimum absolute atomic E-state index is 0.0402. The Morgan fingerprint density at radius 1 is 1.26 bits per heavy atom. The van der Waals surface area contributed by atoms with Crippen LogP contribution in [0.25, 0.3) is 0 Å². The van der Waals surface area contributed by atoms with Gasteiger partial charge in [0.05, 0.1) is 24.7 Å². The van der Waals surface area contributed by atoms with Gasteiger partial charge in [0, 0.05) is 18.5 Å². The molecule has 0 heterocycles. The van der Waals surface area contributed by atoms with Gasteiger partial charge < -0.3 is 14.2 Å². The highest BCUT2D eigenvalue weighted by Crippen LogP contribution is 2.28. The summed E-state index contributed by atoms with van der Waals surface area (Å²) in [5.41, 5.74) is 0.877. The highest BCUT2D eigenvalue weighted by molar-refractivity contribution is 9.08. The second-order valence-electron chi connectivity index (χ2n) is 3.65. The van der Waals surface area contributed by atoms with Gasteiger partial charge in [-0.05, 0) is 11.6 Å². The van der Waals surface area contributed by atoms with Crippen molar-refractivity contribution in [3.05, 3.63) is 33.9 Å². The normalized spacial score (nSPS) is 10.4. The summed E-state index contributed by atoms with van der Waals surface area (Å²) in [6.07, 6.45) is 0. The SMILES string of the molecule is COCCOCCOc1cc(CBr)ccc1[N+](=O)[O-]. The van der Waals surface area contributed by atoms with Crippen LogP contribution >= 0.6 is 15.9 Å². The van der Waals surface area contributed by atoms with Gasteiger partial charge in [-0.15, -0.1) is 0 Å². The van der Waals surface area contributed by atoms with Gasteiger partial charge in [0.2, 0.25) is 0 Å². The number of nitro benzene ring substituents is 1. The monoisotopic (exact) mass is 333 g/mol. The van der Waals surface area contributed by atoms with Gasteiger partial charge in [0.15, 0.2) is 5.75 Å². The van der Waals surface area contributed by atoms with Crippen LogP contribution in [-0.2, 0) is 14.8 Å². The first kappa shape index (κ1) is 15.9. The quantitative estimate of drug-likeness (QED) is 0.300. The van der Waals surface area contributed by atoms with Crippen molar-refractivity contribution in [2.24, 2.45) is 0 Å². The van der Waals surface area contributed by atoms with E-state index in [1.54, 1.807) is 19.2 Å². The van der Waals surface area contributed by atoms with Crippen molar-refractivity contribution in [3.8, 4) is 5.75 Å². The van der Waals surface area contributed by atoms with Gasteiger partial charge in [-0.3, -0.25) is 10.1 Å². The number of ether oxygens (including phenoxy) is 3. The third-order valence-electron chi connectivity index (χ3n) is 2.29. The van der Waals surface area contributed by atoms with Crippen LogP contribution in [0.4, 0.5) is 5.69 Å². The van der Waals surface area contributed by atoms with Crippen molar-refractivity contribution in [2.75, 3.05) is 33.5 Å². The number of rotatable bonds is 9. The average molecular weight is 334 g/mol. The molecule has 1 rings (SSSR count). The zero-order chi connectivity index (χ0) is 14.1. The van der Waals surface area contributed by atoms with Crippen molar-refractivity contribution in [2.45, 2.75) is 5.33 Å². The van der Waals surface area contributed by atoms with Gasteiger partial charge in [-0.2, -0.15) is 0 Å².